The average molecular weight is 702 g/mol. The molecule has 0 saturated carbocycles. The van der Waals surface area contributed by atoms with Crippen molar-refractivity contribution in [2.45, 2.75) is 0 Å². The fourth-order valence-corrected chi connectivity index (χ4v) is 7.65. The van der Waals surface area contributed by atoms with E-state index in [1.54, 1.807) is 0 Å². The number of rotatable bonds is 7. The summed E-state index contributed by atoms with van der Waals surface area (Å²) in [7, 11) is 0. The Bertz CT molecular complexity index is 2950. The Hall–Kier alpha value is -7.36. The van der Waals surface area contributed by atoms with Gasteiger partial charge in [-0.1, -0.05) is 158 Å². The minimum atomic E-state index is 0.914. The third-order valence-electron chi connectivity index (χ3n) is 10.4. The van der Waals surface area contributed by atoms with Crippen LogP contribution in [0.4, 0.5) is 0 Å². The molecule has 0 saturated heterocycles. The number of nitrogens with zero attached hydrogens (tertiary/aromatic N) is 3. The fraction of sp³-hybridized carbons (Fsp3) is 0. The molecule has 0 aliphatic rings. The molecule has 10 rings (SSSR count). The van der Waals surface area contributed by atoms with Crippen molar-refractivity contribution >= 4 is 21.9 Å². The highest BCUT2D eigenvalue weighted by atomic mass is 15.1. The summed E-state index contributed by atoms with van der Waals surface area (Å²) in [6.07, 6.45) is 0. The summed E-state index contributed by atoms with van der Waals surface area (Å²) in [6, 6.07) is 75.2. The Kier molecular flexibility index (Phi) is 8.16. The maximum atomic E-state index is 5.29. The van der Waals surface area contributed by atoms with Crippen molar-refractivity contribution < 1.29 is 0 Å². The van der Waals surface area contributed by atoms with Gasteiger partial charge in [-0.3, -0.25) is 4.57 Å². The molecule has 0 aliphatic carbocycles. The van der Waals surface area contributed by atoms with Gasteiger partial charge in [-0.2, -0.15) is 0 Å². The minimum absolute atomic E-state index is 0.914. The van der Waals surface area contributed by atoms with E-state index in [-0.39, 0.29) is 0 Å². The molecule has 0 spiro atoms. The van der Waals surface area contributed by atoms with E-state index in [4.69, 9.17) is 9.97 Å². The largest absolute Gasteiger partial charge is 0.292 e. The zero-order valence-electron chi connectivity index (χ0n) is 30.0. The van der Waals surface area contributed by atoms with Gasteiger partial charge in [0.2, 0.25) is 0 Å². The average Bonchev–Trinajstić information content (AvgIpc) is 3.67. The van der Waals surface area contributed by atoms with Gasteiger partial charge in [-0.25, -0.2) is 9.97 Å². The highest BCUT2D eigenvalue weighted by Gasteiger charge is 2.16. The number of para-hydroxylation sites is 3. The van der Waals surface area contributed by atoms with Crippen LogP contribution in [0, 0.1) is 0 Å². The first-order valence-corrected chi connectivity index (χ1v) is 18.7. The van der Waals surface area contributed by atoms with Gasteiger partial charge in [0.15, 0.2) is 0 Å². The van der Waals surface area contributed by atoms with Gasteiger partial charge in [-0.05, 0) is 99.1 Å². The Morgan fingerprint density at radius 3 is 1.51 bits per heavy atom. The predicted molar refractivity (Wildman–Crippen MR) is 229 cm³/mol. The molecule has 3 nitrogen and oxygen atoms in total. The number of imidazole rings is 1. The van der Waals surface area contributed by atoms with Crippen molar-refractivity contribution in [2.75, 3.05) is 0 Å². The molecule has 3 heteroatoms. The van der Waals surface area contributed by atoms with Crippen molar-refractivity contribution in [1.29, 1.82) is 0 Å². The number of benzene rings is 8. The third kappa shape index (κ3) is 6.18. The molecule has 0 radical (unpaired) electrons. The summed E-state index contributed by atoms with van der Waals surface area (Å²) < 4.78 is 2.25. The van der Waals surface area contributed by atoms with Gasteiger partial charge in [-0.15, -0.1) is 0 Å². The summed E-state index contributed by atoms with van der Waals surface area (Å²) in [5.74, 6) is 0.914. The van der Waals surface area contributed by atoms with Crippen LogP contribution in [-0.2, 0) is 0 Å². The summed E-state index contributed by atoms with van der Waals surface area (Å²) in [4.78, 5) is 10.4. The third-order valence-corrected chi connectivity index (χ3v) is 10.4. The SMILES string of the molecule is c1ccc(-c2cccc(-c3ccc4nc(-c5cccc(-c6ccccc6)c5)cc(-c5ccc(-c6nc7ccccc7n6-c6ccccc6)cc5)c4c3)c2)cc1. The highest BCUT2D eigenvalue weighted by molar-refractivity contribution is 5.99. The smallest absolute Gasteiger partial charge is 0.145 e. The maximum Gasteiger partial charge on any atom is 0.145 e. The lowest BCUT2D eigenvalue weighted by molar-refractivity contribution is 1.10. The van der Waals surface area contributed by atoms with Crippen molar-refractivity contribution in [3.63, 3.8) is 0 Å². The molecular weight excluding hydrogens is 667 g/mol. The normalized spacial score (nSPS) is 11.3. The second-order valence-corrected chi connectivity index (χ2v) is 13.9. The fourth-order valence-electron chi connectivity index (χ4n) is 7.65. The molecule has 10 aromatic rings. The number of aromatic nitrogens is 3. The molecule has 2 aromatic heterocycles. The van der Waals surface area contributed by atoms with E-state index in [0.717, 1.165) is 67.0 Å². The lowest BCUT2D eigenvalue weighted by atomic mass is 9.93. The van der Waals surface area contributed by atoms with Gasteiger partial charge in [0.25, 0.3) is 0 Å². The summed E-state index contributed by atoms with van der Waals surface area (Å²) in [5, 5.41) is 1.11. The topological polar surface area (TPSA) is 30.7 Å². The second-order valence-electron chi connectivity index (χ2n) is 13.9. The van der Waals surface area contributed by atoms with Crippen LogP contribution in [0.2, 0.25) is 0 Å². The number of fused-ring (bicyclic) bond motifs is 2. The highest BCUT2D eigenvalue weighted by Crippen LogP contribution is 2.38. The van der Waals surface area contributed by atoms with E-state index in [0.29, 0.717) is 0 Å². The molecule has 0 aliphatic heterocycles. The second kappa shape index (κ2) is 13.9. The van der Waals surface area contributed by atoms with E-state index in [1.807, 2.05) is 12.1 Å². The lowest BCUT2D eigenvalue weighted by Gasteiger charge is -2.14. The van der Waals surface area contributed by atoms with E-state index in [9.17, 15) is 0 Å². The van der Waals surface area contributed by atoms with E-state index in [1.165, 1.54) is 27.8 Å². The van der Waals surface area contributed by atoms with Crippen LogP contribution in [0.5, 0.6) is 0 Å². The van der Waals surface area contributed by atoms with Crippen LogP contribution in [0.1, 0.15) is 0 Å². The predicted octanol–water partition coefficient (Wildman–Crippen LogP) is 13.6. The monoisotopic (exact) mass is 701 g/mol. The Balaban J connectivity index is 1.12. The van der Waals surface area contributed by atoms with Crippen LogP contribution in [0.25, 0.3) is 94.8 Å². The zero-order chi connectivity index (χ0) is 36.6. The van der Waals surface area contributed by atoms with E-state index < -0.39 is 0 Å². The molecule has 258 valence electrons. The first kappa shape index (κ1) is 32.3. The number of hydrogen-bond donors (Lipinski definition) is 0. The van der Waals surface area contributed by atoms with Gasteiger partial charge < -0.3 is 0 Å². The van der Waals surface area contributed by atoms with Gasteiger partial charge in [0.1, 0.15) is 5.82 Å². The Morgan fingerprint density at radius 1 is 0.309 bits per heavy atom. The number of pyridine rings is 1. The van der Waals surface area contributed by atoms with Gasteiger partial charge in [0.05, 0.1) is 22.2 Å². The van der Waals surface area contributed by atoms with Crippen LogP contribution in [0.3, 0.4) is 0 Å². The first-order chi connectivity index (χ1) is 27.2. The van der Waals surface area contributed by atoms with Crippen LogP contribution in [0.15, 0.2) is 212 Å². The van der Waals surface area contributed by atoms with Crippen molar-refractivity contribution in [1.82, 2.24) is 14.5 Å². The van der Waals surface area contributed by atoms with Gasteiger partial charge in [0, 0.05) is 22.2 Å². The van der Waals surface area contributed by atoms with Crippen molar-refractivity contribution in [2.24, 2.45) is 0 Å². The molecule has 0 atom stereocenters. The van der Waals surface area contributed by atoms with Gasteiger partial charge >= 0.3 is 0 Å². The molecule has 55 heavy (non-hydrogen) atoms. The van der Waals surface area contributed by atoms with Crippen molar-refractivity contribution in [3.8, 4) is 72.8 Å². The molecule has 0 amide bonds. The number of hydrogen-bond acceptors (Lipinski definition) is 2. The Labute approximate surface area is 320 Å². The minimum Gasteiger partial charge on any atom is -0.292 e. The first-order valence-electron chi connectivity index (χ1n) is 18.7. The quantitative estimate of drug-likeness (QED) is 0.166. The lowest BCUT2D eigenvalue weighted by Crippen LogP contribution is -1.97. The Morgan fingerprint density at radius 2 is 0.818 bits per heavy atom. The maximum absolute atomic E-state index is 5.29. The zero-order valence-corrected chi connectivity index (χ0v) is 30.0. The van der Waals surface area contributed by atoms with Crippen LogP contribution >= 0.6 is 0 Å². The van der Waals surface area contributed by atoms with Crippen LogP contribution < -0.4 is 0 Å². The van der Waals surface area contributed by atoms with Crippen LogP contribution in [-0.4, -0.2) is 14.5 Å². The molecule has 2 heterocycles. The molecule has 0 unspecified atom stereocenters. The summed E-state index contributed by atoms with van der Waals surface area (Å²) in [5.41, 5.74) is 16.5. The molecule has 0 N–H and O–H groups in total. The van der Waals surface area contributed by atoms with Crippen molar-refractivity contribution in [3.05, 3.63) is 212 Å². The van der Waals surface area contributed by atoms with E-state index >= 15 is 0 Å². The summed E-state index contributed by atoms with van der Waals surface area (Å²) in [6.45, 7) is 0. The molecular formula is C52H35N3. The molecule has 0 bridgehead atoms. The molecule has 0 fully saturated rings. The summed E-state index contributed by atoms with van der Waals surface area (Å²) >= 11 is 0. The molecule has 8 aromatic carbocycles. The standard InChI is InChI=1S/C52H35N3/c1-4-14-36(15-5-1)40-18-12-20-42(32-40)43-30-31-48-47(34-43)46(35-50(53-48)44-21-13-19-41(33-44)37-16-6-2-7-17-37)38-26-28-39(29-27-38)52-54-49-24-10-11-25-51(49)55(52)45-22-8-3-9-23-45/h1-35H. The van der Waals surface area contributed by atoms with E-state index in [2.05, 4.69) is 205 Å².